The molecule has 0 bridgehead atoms. The molecule has 0 N–H and O–H groups in total. The number of hydrogen-bond donors (Lipinski definition) is 0. The summed E-state index contributed by atoms with van der Waals surface area (Å²) >= 11 is 0. The average Bonchev–Trinajstić information content (AvgIpc) is 1.78. The maximum atomic E-state index is 10.4. The topological polar surface area (TPSA) is 60.4 Å². The Morgan fingerprint density at radius 2 is 2.09 bits per heavy atom. The van der Waals surface area contributed by atoms with E-state index in [9.17, 15) is 13.2 Å². The van der Waals surface area contributed by atoms with Crippen LogP contribution in [0.15, 0.2) is 11.5 Å². The van der Waals surface area contributed by atoms with Crippen molar-refractivity contribution < 1.29 is 17.9 Å². The van der Waals surface area contributed by atoms with Gasteiger partial charge >= 0.3 is 5.97 Å². The van der Waals surface area contributed by atoms with E-state index in [1.54, 1.807) is 0 Å². The van der Waals surface area contributed by atoms with Gasteiger partial charge in [-0.2, -0.15) is 0 Å². The molecule has 0 aliphatic rings. The van der Waals surface area contributed by atoms with Crippen LogP contribution in [0.1, 0.15) is 6.92 Å². The molecule has 0 fully saturated rings. The van der Waals surface area contributed by atoms with Gasteiger partial charge in [0, 0.05) is 18.6 Å². The van der Waals surface area contributed by atoms with E-state index in [1.165, 1.54) is 13.0 Å². The highest BCUT2D eigenvalue weighted by atomic mass is 32.2. The first kappa shape index (κ1) is 10.2. The van der Waals surface area contributed by atoms with E-state index in [1.807, 2.05) is 0 Å². The molecule has 64 valence electrons. The lowest BCUT2D eigenvalue weighted by Crippen LogP contribution is -1.98. The molecule has 0 aromatic rings. The number of carbonyl (C=O) groups is 1. The summed E-state index contributed by atoms with van der Waals surface area (Å²) in [7, 11) is -3.09. The average molecular weight is 178 g/mol. The first-order valence-corrected chi connectivity index (χ1v) is 4.87. The fourth-order valence-corrected chi connectivity index (χ4v) is 0.808. The van der Waals surface area contributed by atoms with Crippen molar-refractivity contribution in [2.24, 2.45) is 0 Å². The van der Waals surface area contributed by atoms with Crippen molar-refractivity contribution in [2.75, 3.05) is 12.9 Å². The van der Waals surface area contributed by atoms with Gasteiger partial charge in [-0.15, -0.1) is 0 Å². The van der Waals surface area contributed by atoms with Crippen molar-refractivity contribution in [3.63, 3.8) is 0 Å². The predicted octanol–water partition coefficient (Wildman–Crippen LogP) is 0.108. The summed E-state index contributed by atoms with van der Waals surface area (Å²) in [5, 5.41) is 0.996. The number of sulfone groups is 1. The third-order valence-corrected chi connectivity index (χ3v) is 1.41. The minimum absolute atomic E-state index is 0.00238. The second kappa shape index (κ2) is 4.12. The Balaban J connectivity index is 3.72. The van der Waals surface area contributed by atoms with Gasteiger partial charge in [0.25, 0.3) is 0 Å². The highest BCUT2D eigenvalue weighted by Gasteiger charge is 1.92. The van der Waals surface area contributed by atoms with Crippen LogP contribution in [0, 0.1) is 0 Å². The molecule has 11 heavy (non-hydrogen) atoms. The Hall–Kier alpha value is -0.840. The molecule has 0 saturated heterocycles. The fourth-order valence-electron chi connectivity index (χ4n) is 0.380. The molecule has 0 amide bonds. The molecular weight excluding hydrogens is 168 g/mol. The third kappa shape index (κ3) is 9.16. The van der Waals surface area contributed by atoms with Gasteiger partial charge in [-0.05, 0) is 6.08 Å². The predicted molar refractivity (Wildman–Crippen MR) is 40.6 cm³/mol. The number of ether oxygens (including phenoxy) is 1. The number of rotatable bonds is 3. The van der Waals surface area contributed by atoms with E-state index in [-0.39, 0.29) is 6.61 Å². The molecule has 0 aromatic carbocycles. The van der Waals surface area contributed by atoms with Gasteiger partial charge < -0.3 is 4.74 Å². The lowest BCUT2D eigenvalue weighted by molar-refractivity contribution is -0.139. The summed E-state index contributed by atoms with van der Waals surface area (Å²) < 4.78 is 25.3. The minimum Gasteiger partial charge on any atom is -0.462 e. The molecule has 0 aliphatic heterocycles. The standard InChI is InChI=1S/C6H10O4S/c1-6(7)10-4-3-5-11(2,8)9/h3,5H,4H2,1-2H3/b5-3-. The van der Waals surface area contributed by atoms with Crippen LogP contribution in [-0.2, 0) is 19.4 Å². The normalized spacial score (nSPS) is 11.8. The third-order valence-electron chi connectivity index (χ3n) is 0.726. The van der Waals surface area contributed by atoms with E-state index in [0.29, 0.717) is 0 Å². The summed E-state index contributed by atoms with van der Waals surface area (Å²) in [4.78, 5) is 10.2. The van der Waals surface area contributed by atoms with E-state index in [0.717, 1.165) is 11.7 Å². The van der Waals surface area contributed by atoms with E-state index in [2.05, 4.69) is 4.74 Å². The van der Waals surface area contributed by atoms with Crippen LogP contribution in [0.2, 0.25) is 0 Å². The Morgan fingerprint density at radius 1 is 1.55 bits per heavy atom. The molecule has 0 atom stereocenters. The smallest absolute Gasteiger partial charge is 0.302 e. The largest absolute Gasteiger partial charge is 0.462 e. The lowest BCUT2D eigenvalue weighted by Gasteiger charge is -1.93. The Morgan fingerprint density at radius 3 is 2.45 bits per heavy atom. The monoisotopic (exact) mass is 178 g/mol. The highest BCUT2D eigenvalue weighted by Crippen LogP contribution is 1.86. The lowest BCUT2D eigenvalue weighted by atomic mass is 10.7. The summed E-state index contributed by atoms with van der Waals surface area (Å²) in [6.45, 7) is 1.26. The van der Waals surface area contributed by atoms with Crippen molar-refractivity contribution in [1.29, 1.82) is 0 Å². The number of hydrogen-bond acceptors (Lipinski definition) is 4. The molecule has 0 heterocycles. The van der Waals surface area contributed by atoms with Crippen molar-refractivity contribution in [3.05, 3.63) is 11.5 Å². The van der Waals surface area contributed by atoms with Gasteiger partial charge in [0.2, 0.25) is 0 Å². The van der Waals surface area contributed by atoms with Gasteiger partial charge in [0.15, 0.2) is 9.84 Å². The number of carbonyl (C=O) groups excluding carboxylic acids is 1. The second-order valence-corrected chi connectivity index (χ2v) is 3.94. The first-order valence-electron chi connectivity index (χ1n) is 2.92. The van der Waals surface area contributed by atoms with Crippen LogP contribution >= 0.6 is 0 Å². The van der Waals surface area contributed by atoms with Crippen LogP contribution in [0.5, 0.6) is 0 Å². The zero-order chi connectivity index (χ0) is 8.91. The van der Waals surface area contributed by atoms with Gasteiger partial charge in [0.1, 0.15) is 6.61 Å². The quantitative estimate of drug-likeness (QED) is 0.575. The molecule has 0 aromatic heterocycles. The zero-order valence-corrected chi connectivity index (χ0v) is 7.22. The second-order valence-electron chi connectivity index (χ2n) is 2.00. The summed E-state index contributed by atoms with van der Waals surface area (Å²) in [5.74, 6) is -0.428. The van der Waals surface area contributed by atoms with E-state index < -0.39 is 15.8 Å². The minimum atomic E-state index is -3.09. The van der Waals surface area contributed by atoms with Crippen LogP contribution in [-0.4, -0.2) is 27.2 Å². The molecule has 0 radical (unpaired) electrons. The van der Waals surface area contributed by atoms with Gasteiger partial charge in [-0.25, -0.2) is 8.42 Å². The summed E-state index contributed by atoms with van der Waals surface area (Å²) in [6, 6.07) is 0. The van der Waals surface area contributed by atoms with Crippen molar-refractivity contribution in [3.8, 4) is 0 Å². The molecule has 0 unspecified atom stereocenters. The first-order chi connectivity index (χ1) is 4.92. The summed E-state index contributed by atoms with van der Waals surface area (Å²) in [5.41, 5.74) is 0. The van der Waals surface area contributed by atoms with Crippen molar-refractivity contribution in [1.82, 2.24) is 0 Å². The molecule has 0 aliphatic carbocycles. The molecule has 0 spiro atoms. The molecular formula is C6H10O4S. The molecule has 0 rings (SSSR count). The van der Waals surface area contributed by atoms with E-state index in [4.69, 9.17) is 0 Å². The fraction of sp³-hybridized carbons (Fsp3) is 0.500. The SMILES string of the molecule is CC(=O)OC/C=C\S(C)(=O)=O. The maximum absolute atomic E-state index is 10.4. The van der Waals surface area contributed by atoms with Crippen LogP contribution < -0.4 is 0 Å². The zero-order valence-electron chi connectivity index (χ0n) is 6.40. The van der Waals surface area contributed by atoms with Gasteiger partial charge in [-0.3, -0.25) is 4.79 Å². The Bertz CT molecular complexity index is 250. The molecule has 4 nitrogen and oxygen atoms in total. The van der Waals surface area contributed by atoms with Crippen LogP contribution in [0.25, 0.3) is 0 Å². The van der Waals surface area contributed by atoms with Crippen molar-refractivity contribution in [2.45, 2.75) is 6.92 Å². The van der Waals surface area contributed by atoms with Crippen LogP contribution in [0.4, 0.5) is 0 Å². The maximum Gasteiger partial charge on any atom is 0.302 e. The highest BCUT2D eigenvalue weighted by molar-refractivity contribution is 7.93. The van der Waals surface area contributed by atoms with Crippen LogP contribution in [0.3, 0.4) is 0 Å². The van der Waals surface area contributed by atoms with Crippen molar-refractivity contribution >= 4 is 15.8 Å². The van der Waals surface area contributed by atoms with Gasteiger partial charge in [0.05, 0.1) is 0 Å². The Kier molecular flexibility index (Phi) is 3.81. The summed E-state index contributed by atoms with van der Waals surface area (Å²) in [6.07, 6.45) is 2.34. The molecule has 5 heteroatoms. The Labute approximate surface area is 65.8 Å². The van der Waals surface area contributed by atoms with E-state index >= 15 is 0 Å². The molecule has 0 saturated carbocycles. The number of esters is 1. The van der Waals surface area contributed by atoms with Gasteiger partial charge in [-0.1, -0.05) is 0 Å².